The van der Waals surface area contributed by atoms with E-state index < -0.39 is 9.84 Å². The minimum Gasteiger partial charge on any atom is -0.224 e. The molecule has 0 unspecified atom stereocenters. The van der Waals surface area contributed by atoms with Gasteiger partial charge in [-0.1, -0.05) is 23.2 Å². The molecule has 0 aromatic heterocycles. The Bertz CT molecular complexity index is 378. The van der Waals surface area contributed by atoms with Crippen LogP contribution in [-0.2, 0) is 9.84 Å². The van der Waals surface area contributed by atoms with Crippen molar-refractivity contribution in [2.75, 3.05) is 6.26 Å². The fraction of sp³-hybridized carbons (Fsp3) is 0.143. The molecule has 0 atom stereocenters. The normalized spacial score (nSPS) is 11.6. The third kappa shape index (κ3) is 2.37. The van der Waals surface area contributed by atoms with E-state index in [2.05, 4.69) is 6.07 Å². The molecule has 0 amide bonds. The van der Waals surface area contributed by atoms with E-state index >= 15 is 0 Å². The molecule has 0 saturated carbocycles. The van der Waals surface area contributed by atoms with Crippen LogP contribution in [0.25, 0.3) is 0 Å². The van der Waals surface area contributed by atoms with E-state index in [0.717, 1.165) is 6.26 Å². The SMILES string of the molecule is CS(=O)(=O)c1cc(Cl)[c]c(Cl)c1. The Hall–Kier alpha value is -0.250. The van der Waals surface area contributed by atoms with Gasteiger partial charge in [0.15, 0.2) is 9.84 Å². The quantitative estimate of drug-likeness (QED) is 0.732. The first-order chi connectivity index (χ1) is 5.39. The molecule has 5 heteroatoms. The van der Waals surface area contributed by atoms with Gasteiger partial charge in [-0.3, -0.25) is 0 Å². The summed E-state index contributed by atoms with van der Waals surface area (Å²) in [4.78, 5) is 0.108. The molecule has 65 valence electrons. The van der Waals surface area contributed by atoms with E-state index in [1.54, 1.807) is 0 Å². The molecular weight excluding hydrogens is 219 g/mol. The number of halogens is 2. The Morgan fingerprint density at radius 3 is 2.00 bits per heavy atom. The topological polar surface area (TPSA) is 34.1 Å². The monoisotopic (exact) mass is 223 g/mol. The first kappa shape index (κ1) is 9.84. The van der Waals surface area contributed by atoms with Crippen molar-refractivity contribution in [2.45, 2.75) is 4.90 Å². The molecule has 1 aromatic carbocycles. The molecule has 2 nitrogen and oxygen atoms in total. The summed E-state index contributed by atoms with van der Waals surface area (Å²) in [7, 11) is -3.24. The van der Waals surface area contributed by atoms with Crippen molar-refractivity contribution in [3.63, 3.8) is 0 Å². The lowest BCUT2D eigenvalue weighted by molar-refractivity contribution is 0.602. The van der Waals surface area contributed by atoms with Gasteiger partial charge in [-0.2, -0.15) is 0 Å². The molecule has 0 saturated heterocycles. The van der Waals surface area contributed by atoms with Crippen LogP contribution < -0.4 is 0 Å². The van der Waals surface area contributed by atoms with Gasteiger partial charge in [0.25, 0.3) is 0 Å². The van der Waals surface area contributed by atoms with Crippen LogP contribution in [-0.4, -0.2) is 14.7 Å². The number of hydrogen-bond acceptors (Lipinski definition) is 2. The van der Waals surface area contributed by atoms with E-state index in [0.29, 0.717) is 0 Å². The minimum atomic E-state index is -3.24. The average Bonchev–Trinajstić information content (AvgIpc) is 1.82. The molecule has 0 aliphatic heterocycles. The number of benzene rings is 1. The molecular formula is C7H5Cl2O2S. The fourth-order valence-corrected chi connectivity index (χ4v) is 1.97. The van der Waals surface area contributed by atoms with Crippen LogP contribution in [0, 0.1) is 6.07 Å². The number of sulfone groups is 1. The summed E-state index contributed by atoms with van der Waals surface area (Å²) >= 11 is 11.1. The molecule has 0 N–H and O–H groups in total. The van der Waals surface area contributed by atoms with Crippen LogP contribution >= 0.6 is 23.2 Å². The summed E-state index contributed by atoms with van der Waals surface area (Å²) in [5.41, 5.74) is 0. The molecule has 0 aliphatic rings. The third-order valence-electron chi connectivity index (χ3n) is 1.20. The molecule has 0 bridgehead atoms. The van der Waals surface area contributed by atoms with Crippen molar-refractivity contribution in [3.8, 4) is 0 Å². The van der Waals surface area contributed by atoms with E-state index in [1.807, 2.05) is 0 Å². The van der Waals surface area contributed by atoms with E-state index in [4.69, 9.17) is 23.2 Å². The second-order valence-corrected chi connectivity index (χ2v) is 5.11. The predicted molar refractivity (Wildman–Crippen MR) is 48.4 cm³/mol. The second kappa shape index (κ2) is 3.24. The van der Waals surface area contributed by atoms with Crippen LogP contribution in [0.15, 0.2) is 17.0 Å². The molecule has 0 heterocycles. The number of rotatable bonds is 1. The highest BCUT2D eigenvalue weighted by Crippen LogP contribution is 2.21. The molecule has 1 rings (SSSR count). The molecule has 0 aliphatic carbocycles. The average molecular weight is 224 g/mol. The number of hydrogen-bond donors (Lipinski definition) is 0. The highest BCUT2D eigenvalue weighted by molar-refractivity contribution is 7.90. The summed E-state index contributed by atoms with van der Waals surface area (Å²) in [5, 5.41) is 0.394. The summed E-state index contributed by atoms with van der Waals surface area (Å²) in [6, 6.07) is 5.17. The maximum absolute atomic E-state index is 11.0. The standard InChI is InChI=1S/C7H5Cl2O2S/c1-12(10,11)7-3-5(8)2-6(9)4-7/h3-4H,1H3. The molecule has 1 aromatic rings. The fourth-order valence-electron chi connectivity index (χ4n) is 0.692. The summed E-state index contributed by atoms with van der Waals surface area (Å²) in [5.74, 6) is 0. The maximum atomic E-state index is 11.0. The van der Waals surface area contributed by atoms with Crippen LogP contribution in [0.2, 0.25) is 10.0 Å². The molecule has 0 fully saturated rings. The van der Waals surface area contributed by atoms with Crippen LogP contribution in [0.4, 0.5) is 0 Å². The Labute approximate surface area is 81.0 Å². The van der Waals surface area contributed by atoms with Crippen molar-refractivity contribution in [1.82, 2.24) is 0 Å². The minimum absolute atomic E-state index is 0.108. The van der Waals surface area contributed by atoms with Crippen molar-refractivity contribution in [1.29, 1.82) is 0 Å². The third-order valence-corrected chi connectivity index (χ3v) is 2.70. The first-order valence-corrected chi connectivity index (χ1v) is 5.63. The van der Waals surface area contributed by atoms with Gasteiger partial charge in [0, 0.05) is 12.3 Å². The highest BCUT2D eigenvalue weighted by atomic mass is 35.5. The van der Waals surface area contributed by atoms with Gasteiger partial charge < -0.3 is 0 Å². The van der Waals surface area contributed by atoms with Crippen molar-refractivity contribution in [2.24, 2.45) is 0 Å². The first-order valence-electron chi connectivity index (χ1n) is 2.98. The van der Waals surface area contributed by atoms with Crippen molar-refractivity contribution in [3.05, 3.63) is 28.2 Å². The van der Waals surface area contributed by atoms with Gasteiger partial charge in [-0.05, 0) is 12.1 Å². The van der Waals surface area contributed by atoms with Crippen LogP contribution in [0.3, 0.4) is 0 Å². The smallest absolute Gasteiger partial charge is 0.175 e. The van der Waals surface area contributed by atoms with Crippen LogP contribution in [0.1, 0.15) is 0 Å². The molecule has 1 radical (unpaired) electrons. The predicted octanol–water partition coefficient (Wildman–Crippen LogP) is 2.20. The Morgan fingerprint density at radius 1 is 1.25 bits per heavy atom. The Kier molecular flexibility index (Phi) is 2.66. The lowest BCUT2D eigenvalue weighted by Crippen LogP contribution is -1.96. The summed E-state index contributed by atoms with van der Waals surface area (Å²) in [6.45, 7) is 0. The van der Waals surface area contributed by atoms with Crippen molar-refractivity contribution >= 4 is 33.0 Å². The zero-order chi connectivity index (χ0) is 9.35. The van der Waals surface area contributed by atoms with E-state index in [-0.39, 0.29) is 14.9 Å². The zero-order valence-corrected chi connectivity index (χ0v) is 8.46. The van der Waals surface area contributed by atoms with Gasteiger partial charge in [0.05, 0.1) is 14.9 Å². The van der Waals surface area contributed by atoms with Gasteiger partial charge in [0.1, 0.15) is 0 Å². The van der Waals surface area contributed by atoms with E-state index in [9.17, 15) is 8.42 Å². The largest absolute Gasteiger partial charge is 0.224 e. The zero-order valence-electron chi connectivity index (χ0n) is 6.14. The maximum Gasteiger partial charge on any atom is 0.175 e. The summed E-state index contributed by atoms with van der Waals surface area (Å²) < 4.78 is 22.0. The van der Waals surface area contributed by atoms with Gasteiger partial charge in [0.2, 0.25) is 0 Å². The van der Waals surface area contributed by atoms with E-state index in [1.165, 1.54) is 12.1 Å². The Balaban J connectivity index is 3.37. The lowest BCUT2D eigenvalue weighted by Gasteiger charge is -1.98. The molecule has 0 spiro atoms. The van der Waals surface area contributed by atoms with Crippen LogP contribution in [0.5, 0.6) is 0 Å². The lowest BCUT2D eigenvalue weighted by atomic mass is 10.4. The van der Waals surface area contributed by atoms with Gasteiger partial charge in [-0.15, -0.1) is 0 Å². The second-order valence-electron chi connectivity index (χ2n) is 2.28. The summed E-state index contributed by atoms with van der Waals surface area (Å²) in [6.07, 6.45) is 1.09. The van der Waals surface area contributed by atoms with Gasteiger partial charge in [-0.25, -0.2) is 8.42 Å². The Morgan fingerprint density at radius 2 is 1.67 bits per heavy atom. The molecule has 12 heavy (non-hydrogen) atoms. The highest BCUT2D eigenvalue weighted by Gasteiger charge is 2.08. The van der Waals surface area contributed by atoms with Gasteiger partial charge >= 0.3 is 0 Å². The van der Waals surface area contributed by atoms with Crippen molar-refractivity contribution < 1.29 is 8.42 Å².